The summed E-state index contributed by atoms with van der Waals surface area (Å²) in [4.78, 5) is 5.38. The first-order chi connectivity index (χ1) is 9.15. The van der Waals surface area contributed by atoms with Crippen LogP contribution in [0.1, 0.15) is 31.3 Å². The van der Waals surface area contributed by atoms with Crippen molar-refractivity contribution in [3.05, 3.63) is 29.6 Å². The van der Waals surface area contributed by atoms with E-state index >= 15 is 0 Å². The van der Waals surface area contributed by atoms with Crippen molar-refractivity contribution in [2.45, 2.75) is 35.6 Å². The van der Waals surface area contributed by atoms with Crippen LogP contribution in [0.3, 0.4) is 0 Å². The summed E-state index contributed by atoms with van der Waals surface area (Å²) in [6.45, 7) is 3.77. The highest BCUT2D eigenvalue weighted by Gasteiger charge is 2.16. The number of hydrogen-bond acceptors (Lipinski definition) is 6. The quantitative estimate of drug-likeness (QED) is 0.917. The molecule has 0 aliphatic heterocycles. The van der Waals surface area contributed by atoms with Gasteiger partial charge < -0.3 is 9.84 Å². The maximum atomic E-state index is 9.92. The fourth-order valence-corrected chi connectivity index (χ4v) is 3.62. The third-order valence-electron chi connectivity index (χ3n) is 2.63. The first-order valence-electron chi connectivity index (χ1n) is 6.01. The molecule has 4 nitrogen and oxygen atoms in total. The second-order valence-corrected chi connectivity index (χ2v) is 6.02. The minimum Gasteiger partial charge on any atom is -0.496 e. The van der Waals surface area contributed by atoms with E-state index in [-0.39, 0.29) is 0 Å². The highest BCUT2D eigenvalue weighted by molar-refractivity contribution is 8.01. The predicted octanol–water partition coefficient (Wildman–Crippen LogP) is 3.31. The molecule has 0 amide bonds. The summed E-state index contributed by atoms with van der Waals surface area (Å²) in [6, 6.07) is 5.72. The van der Waals surface area contributed by atoms with Gasteiger partial charge in [-0.1, -0.05) is 24.8 Å². The van der Waals surface area contributed by atoms with Crippen molar-refractivity contribution < 1.29 is 9.84 Å². The van der Waals surface area contributed by atoms with E-state index < -0.39 is 6.10 Å². The maximum Gasteiger partial charge on any atom is 0.174 e. The van der Waals surface area contributed by atoms with Gasteiger partial charge in [0.2, 0.25) is 0 Å². The van der Waals surface area contributed by atoms with Gasteiger partial charge in [-0.05, 0) is 30.6 Å². The van der Waals surface area contributed by atoms with Crippen molar-refractivity contribution in [2.75, 3.05) is 7.11 Å². The van der Waals surface area contributed by atoms with Gasteiger partial charge in [0.15, 0.2) is 4.34 Å². The molecule has 1 heterocycles. The molecule has 0 saturated carbocycles. The van der Waals surface area contributed by atoms with E-state index in [9.17, 15) is 5.11 Å². The molecule has 0 radical (unpaired) electrons. The van der Waals surface area contributed by atoms with Crippen LogP contribution < -0.4 is 4.74 Å². The van der Waals surface area contributed by atoms with Crippen LogP contribution in [0.25, 0.3) is 0 Å². The zero-order valence-electron chi connectivity index (χ0n) is 11.1. The average molecular weight is 296 g/mol. The second kappa shape index (κ2) is 6.36. The van der Waals surface area contributed by atoms with Gasteiger partial charge in [0.1, 0.15) is 11.6 Å². The van der Waals surface area contributed by atoms with Crippen molar-refractivity contribution in [1.29, 1.82) is 0 Å². The smallest absolute Gasteiger partial charge is 0.174 e. The van der Waals surface area contributed by atoms with Crippen LogP contribution in [0.2, 0.25) is 0 Å². The Bertz CT molecular complexity index is 555. The lowest BCUT2D eigenvalue weighted by Gasteiger charge is -2.14. The fourth-order valence-electron chi connectivity index (χ4n) is 1.72. The molecule has 1 aromatic carbocycles. The Kier molecular flexibility index (Phi) is 4.79. The number of aliphatic hydroxyl groups is 1. The molecule has 0 bridgehead atoms. The molecule has 2 rings (SSSR count). The highest BCUT2D eigenvalue weighted by Crippen LogP contribution is 2.38. The summed E-state index contributed by atoms with van der Waals surface area (Å²) in [5, 5.41) is 9.92. The molecule has 0 aliphatic rings. The standard InChI is InChI=1S/C13H16N2O2S2/c1-4-11-14-13(19-15-11)18-10-7-5-6-9(17-3)12(10)8(2)16/h5-8,16H,4H2,1-3H3/t8-/m0/s1. The normalized spacial score (nSPS) is 12.4. The lowest BCUT2D eigenvalue weighted by atomic mass is 10.1. The largest absolute Gasteiger partial charge is 0.496 e. The first-order valence-corrected chi connectivity index (χ1v) is 7.60. The minimum absolute atomic E-state index is 0.586. The van der Waals surface area contributed by atoms with Crippen molar-refractivity contribution in [3.63, 3.8) is 0 Å². The zero-order chi connectivity index (χ0) is 13.8. The monoisotopic (exact) mass is 296 g/mol. The van der Waals surface area contributed by atoms with Crippen LogP contribution in [0, 0.1) is 0 Å². The molecule has 0 fully saturated rings. The molecule has 19 heavy (non-hydrogen) atoms. The average Bonchev–Trinajstić information content (AvgIpc) is 2.85. The maximum absolute atomic E-state index is 9.92. The zero-order valence-corrected chi connectivity index (χ0v) is 12.7. The predicted molar refractivity (Wildman–Crippen MR) is 77.0 cm³/mol. The van der Waals surface area contributed by atoms with E-state index in [4.69, 9.17) is 4.74 Å². The van der Waals surface area contributed by atoms with E-state index in [0.29, 0.717) is 5.75 Å². The van der Waals surface area contributed by atoms with Gasteiger partial charge in [-0.15, -0.1) is 0 Å². The van der Waals surface area contributed by atoms with E-state index in [1.54, 1.807) is 14.0 Å². The Hall–Kier alpha value is -1.11. The highest BCUT2D eigenvalue weighted by atomic mass is 32.2. The van der Waals surface area contributed by atoms with E-state index in [1.807, 2.05) is 25.1 Å². The molecule has 102 valence electrons. The molecule has 0 spiro atoms. The number of rotatable bonds is 5. The van der Waals surface area contributed by atoms with Gasteiger partial charge in [0, 0.05) is 16.9 Å². The Morgan fingerprint density at radius 3 is 2.84 bits per heavy atom. The lowest BCUT2D eigenvalue weighted by molar-refractivity contribution is 0.191. The van der Waals surface area contributed by atoms with Gasteiger partial charge in [0.25, 0.3) is 0 Å². The SMILES string of the molecule is CCc1nsc(Sc2cccc(OC)c2[C@H](C)O)n1. The van der Waals surface area contributed by atoms with Crippen LogP contribution in [0.15, 0.2) is 27.4 Å². The number of aliphatic hydroxyl groups excluding tert-OH is 1. The van der Waals surface area contributed by atoms with Crippen LogP contribution in [0.4, 0.5) is 0 Å². The van der Waals surface area contributed by atoms with Gasteiger partial charge in [-0.3, -0.25) is 0 Å². The molecule has 2 aromatic rings. The van der Waals surface area contributed by atoms with Crippen LogP contribution in [0.5, 0.6) is 5.75 Å². The summed E-state index contributed by atoms with van der Waals surface area (Å²) in [5.41, 5.74) is 0.795. The first kappa shape index (κ1) is 14.3. The molecule has 6 heteroatoms. The summed E-state index contributed by atoms with van der Waals surface area (Å²) in [6.07, 6.45) is 0.246. The number of ether oxygens (including phenoxy) is 1. The van der Waals surface area contributed by atoms with Crippen molar-refractivity contribution in [1.82, 2.24) is 9.36 Å². The number of aryl methyl sites for hydroxylation is 1. The number of methoxy groups -OCH3 is 1. The molecule has 1 atom stereocenters. The Morgan fingerprint density at radius 1 is 1.47 bits per heavy atom. The molecule has 0 aliphatic carbocycles. The Balaban J connectivity index is 2.33. The van der Waals surface area contributed by atoms with Crippen molar-refractivity contribution in [3.8, 4) is 5.75 Å². The van der Waals surface area contributed by atoms with E-state index in [1.165, 1.54) is 23.3 Å². The van der Waals surface area contributed by atoms with Crippen LogP contribution in [-0.2, 0) is 6.42 Å². The van der Waals surface area contributed by atoms with Gasteiger partial charge in [-0.2, -0.15) is 4.37 Å². The molecule has 1 aromatic heterocycles. The fraction of sp³-hybridized carbons (Fsp3) is 0.385. The molecule has 0 unspecified atom stereocenters. The topological polar surface area (TPSA) is 55.2 Å². The second-order valence-electron chi connectivity index (χ2n) is 3.98. The summed E-state index contributed by atoms with van der Waals surface area (Å²) in [5.74, 6) is 1.55. The van der Waals surface area contributed by atoms with Gasteiger partial charge >= 0.3 is 0 Å². The Morgan fingerprint density at radius 2 is 2.26 bits per heavy atom. The third-order valence-corrected chi connectivity index (χ3v) is 4.49. The third kappa shape index (κ3) is 3.26. The Labute approximate surface area is 121 Å². The molecular weight excluding hydrogens is 280 g/mol. The number of hydrogen-bond donors (Lipinski definition) is 1. The minimum atomic E-state index is -0.586. The van der Waals surface area contributed by atoms with Gasteiger partial charge in [0.05, 0.1) is 13.2 Å². The van der Waals surface area contributed by atoms with E-state index in [0.717, 1.165) is 27.0 Å². The van der Waals surface area contributed by atoms with E-state index in [2.05, 4.69) is 9.36 Å². The number of aromatic nitrogens is 2. The van der Waals surface area contributed by atoms with Gasteiger partial charge in [-0.25, -0.2) is 4.98 Å². The summed E-state index contributed by atoms with van der Waals surface area (Å²) >= 11 is 2.90. The molecular formula is C13H16N2O2S2. The van der Waals surface area contributed by atoms with Crippen molar-refractivity contribution >= 4 is 23.3 Å². The van der Waals surface area contributed by atoms with Crippen molar-refractivity contribution in [2.24, 2.45) is 0 Å². The number of benzene rings is 1. The summed E-state index contributed by atoms with van der Waals surface area (Å²) in [7, 11) is 1.61. The molecule has 0 saturated heterocycles. The molecule has 1 N–H and O–H groups in total. The summed E-state index contributed by atoms with van der Waals surface area (Å²) < 4.78 is 10.5. The van der Waals surface area contributed by atoms with Crippen LogP contribution >= 0.6 is 23.3 Å². The number of nitrogens with zero attached hydrogens (tertiary/aromatic N) is 2. The lowest BCUT2D eigenvalue weighted by Crippen LogP contribution is -1.98. The van der Waals surface area contributed by atoms with Crippen LogP contribution in [-0.4, -0.2) is 21.6 Å².